The molecule has 6 heterocycles. The topological polar surface area (TPSA) is 220 Å². The predicted octanol–water partition coefficient (Wildman–Crippen LogP) is 10.4. The number of halogens is 2. The zero-order chi connectivity index (χ0) is 60.0. The molecule has 0 bridgehead atoms. The van der Waals surface area contributed by atoms with Gasteiger partial charge >= 0.3 is 0 Å². The quantitative estimate of drug-likeness (QED) is 0.0628. The number of nitrogens with zero attached hydrogens (tertiary/aromatic N) is 8. The largest absolute Gasteiger partial charge is 0.495 e. The molecule has 2 aliphatic heterocycles. The first kappa shape index (κ1) is 56.9. The Balaban J connectivity index is 0.739. The lowest BCUT2D eigenvalue weighted by Gasteiger charge is -2.27. The summed E-state index contributed by atoms with van der Waals surface area (Å²) in [5.74, 6) is -3.33. The van der Waals surface area contributed by atoms with Crippen molar-refractivity contribution in [2.75, 3.05) is 87.6 Å². The SMILES string of the molecule is CCOc1cc(C(=O)N2CCOCC2)ccc1Nc1nc2ccc(-c3ccc(NC(=O)C(c4ccc(F)cc4)C(C(=O)Nc4ccc(-c5ccc6nc(Nc7ccc(C(=O)N8CCOCC8)cc7OC)nn6c5)cc4)c4ccc(F)cc4)cc3)cn2n1. The van der Waals surface area contributed by atoms with Crippen LogP contribution < -0.4 is 30.7 Å². The summed E-state index contributed by atoms with van der Waals surface area (Å²) < 4.78 is 54.7. The highest BCUT2D eigenvalue weighted by Crippen LogP contribution is 2.38. The number of anilines is 6. The van der Waals surface area contributed by atoms with Crippen molar-refractivity contribution in [1.29, 1.82) is 0 Å². The number of carbonyl (C=O) groups is 4. The summed E-state index contributed by atoms with van der Waals surface area (Å²) in [6, 6.07) is 42.8. The Bertz CT molecular complexity index is 4150. The first-order valence-corrected chi connectivity index (χ1v) is 28.2. The predicted molar refractivity (Wildman–Crippen MR) is 323 cm³/mol. The highest BCUT2D eigenvalue weighted by Gasteiger charge is 2.37. The number of pyridine rings is 2. The fourth-order valence-corrected chi connectivity index (χ4v) is 10.6. The lowest BCUT2D eigenvalue weighted by atomic mass is 9.79. The van der Waals surface area contributed by atoms with Crippen LogP contribution in [-0.4, -0.2) is 129 Å². The van der Waals surface area contributed by atoms with Gasteiger partial charge < -0.3 is 50.0 Å². The zero-order valence-corrected chi connectivity index (χ0v) is 47.3. The highest BCUT2D eigenvalue weighted by molar-refractivity contribution is 6.05. The maximum Gasteiger partial charge on any atom is 0.254 e. The van der Waals surface area contributed by atoms with E-state index in [2.05, 4.69) is 41.4 Å². The summed E-state index contributed by atoms with van der Waals surface area (Å²) in [6.45, 7) is 6.30. The van der Waals surface area contributed by atoms with Crippen molar-refractivity contribution in [2.24, 2.45) is 0 Å². The smallest absolute Gasteiger partial charge is 0.254 e. The van der Waals surface area contributed by atoms with Crippen molar-refractivity contribution >= 4 is 69.6 Å². The Labute approximate surface area is 497 Å². The van der Waals surface area contributed by atoms with Gasteiger partial charge in [0, 0.05) is 72.2 Å². The molecule has 87 heavy (non-hydrogen) atoms. The number of carbonyl (C=O) groups excluding carboxylic acids is 4. The lowest BCUT2D eigenvalue weighted by molar-refractivity contribution is -0.124. The number of benzene rings is 6. The van der Waals surface area contributed by atoms with Gasteiger partial charge in [0.1, 0.15) is 23.1 Å². The van der Waals surface area contributed by atoms with Crippen molar-refractivity contribution in [3.8, 4) is 33.8 Å². The number of aromatic nitrogens is 6. The van der Waals surface area contributed by atoms with Crippen molar-refractivity contribution in [3.05, 3.63) is 204 Å². The van der Waals surface area contributed by atoms with E-state index in [9.17, 15) is 28.0 Å². The number of ether oxygens (including phenoxy) is 4. The zero-order valence-electron chi connectivity index (χ0n) is 47.3. The molecule has 440 valence electrons. The number of morpholine rings is 2. The van der Waals surface area contributed by atoms with Gasteiger partial charge in [0.2, 0.25) is 23.7 Å². The molecule has 0 radical (unpaired) electrons. The molecule has 0 spiro atoms. The molecule has 10 aromatic rings. The first-order chi connectivity index (χ1) is 42.4. The highest BCUT2D eigenvalue weighted by atomic mass is 19.1. The molecule has 2 saturated heterocycles. The van der Waals surface area contributed by atoms with Gasteiger partial charge in [-0.3, -0.25) is 19.2 Å². The average Bonchev–Trinajstić information content (AvgIpc) is 2.73. The number of rotatable bonds is 18. The molecule has 6 aromatic carbocycles. The molecule has 22 heteroatoms. The van der Waals surface area contributed by atoms with E-state index in [-0.39, 0.29) is 11.8 Å². The van der Waals surface area contributed by atoms with Crippen LogP contribution in [0, 0.1) is 11.6 Å². The molecule has 2 aliphatic rings. The molecule has 2 unspecified atom stereocenters. The lowest BCUT2D eigenvalue weighted by Crippen LogP contribution is -2.40. The third-order valence-corrected chi connectivity index (χ3v) is 15.1. The third kappa shape index (κ3) is 12.8. The second-order valence-electron chi connectivity index (χ2n) is 20.6. The van der Waals surface area contributed by atoms with E-state index in [1.807, 2.05) is 67.8 Å². The molecular formula is C65H58F2N12O8. The normalized spacial score (nSPS) is 14.1. The fourth-order valence-electron chi connectivity index (χ4n) is 10.6. The van der Waals surface area contributed by atoms with Crippen LogP contribution in [0.5, 0.6) is 11.5 Å². The number of amides is 4. The Hall–Kier alpha value is -10.6. The summed E-state index contributed by atoms with van der Waals surface area (Å²) >= 11 is 0. The molecule has 0 aliphatic carbocycles. The molecule has 2 atom stereocenters. The van der Waals surface area contributed by atoms with E-state index in [4.69, 9.17) is 18.9 Å². The minimum absolute atomic E-state index is 0.0980. The Kier molecular flexibility index (Phi) is 16.6. The monoisotopic (exact) mass is 1170 g/mol. The Morgan fingerprint density at radius 3 is 1.33 bits per heavy atom. The van der Waals surface area contributed by atoms with Crippen molar-refractivity contribution in [2.45, 2.75) is 18.8 Å². The fraction of sp³-hybridized carbons (Fsp3) is 0.200. The molecule has 4 amide bonds. The number of fused-ring (bicyclic) bond motifs is 2. The van der Waals surface area contributed by atoms with Crippen LogP contribution in [0.1, 0.15) is 50.6 Å². The molecule has 0 saturated carbocycles. The molecule has 4 aromatic heterocycles. The number of hydrogen-bond donors (Lipinski definition) is 4. The maximum atomic E-state index is 14.8. The second-order valence-corrected chi connectivity index (χ2v) is 20.6. The van der Waals surface area contributed by atoms with E-state index in [0.29, 0.717) is 139 Å². The van der Waals surface area contributed by atoms with Crippen LogP contribution >= 0.6 is 0 Å². The Morgan fingerprint density at radius 2 is 0.920 bits per heavy atom. The molecule has 4 N–H and O–H groups in total. The minimum Gasteiger partial charge on any atom is -0.495 e. The summed E-state index contributed by atoms with van der Waals surface area (Å²) in [7, 11) is 1.53. The van der Waals surface area contributed by atoms with Crippen LogP contribution in [0.3, 0.4) is 0 Å². The molecule has 12 rings (SSSR count). The van der Waals surface area contributed by atoms with Crippen LogP contribution in [-0.2, 0) is 19.1 Å². The summed E-state index contributed by atoms with van der Waals surface area (Å²) in [4.78, 5) is 68.8. The van der Waals surface area contributed by atoms with Gasteiger partial charge in [-0.1, -0.05) is 48.5 Å². The molecule has 2 fully saturated rings. The van der Waals surface area contributed by atoms with Crippen LogP contribution in [0.4, 0.5) is 43.4 Å². The number of methoxy groups -OCH3 is 1. The standard InChI is InChI=1S/C65H58F2N12O8/c1-3-87-55-37-45(63(83)77-30-34-86-35-31-77)13-25-53(55)71-65-73-57-27-15-47(39-79(57)75-65)41-10-22-51(23-11-41)69-61(81)59(43-6-18-49(67)19-7-43)58(42-4-16-48(66)17-5-42)60(80)68-50-20-8-40(9-21-50)46-14-26-56-72-64(74-78(56)38-46)70-52-24-12-44(36-54(52)84-2)62(82)76-28-32-85-33-29-76/h4-27,36-39,58-59H,3,28-35H2,1-2H3,(H,68,80)(H,69,81)(H,70,74)(H,71,75). The average molecular weight is 1170 g/mol. The summed E-state index contributed by atoms with van der Waals surface area (Å²) in [6.07, 6.45) is 3.64. The van der Waals surface area contributed by atoms with E-state index < -0.39 is 35.3 Å². The molecule has 20 nitrogen and oxygen atoms in total. The first-order valence-electron chi connectivity index (χ1n) is 28.2. The minimum atomic E-state index is -1.23. The van der Waals surface area contributed by atoms with Crippen LogP contribution in [0.2, 0.25) is 0 Å². The van der Waals surface area contributed by atoms with Crippen molar-refractivity contribution < 1.29 is 46.9 Å². The maximum absolute atomic E-state index is 14.8. The van der Waals surface area contributed by atoms with E-state index >= 15 is 0 Å². The van der Waals surface area contributed by atoms with Gasteiger partial charge in [0.05, 0.1) is 63.4 Å². The van der Waals surface area contributed by atoms with Crippen molar-refractivity contribution in [1.82, 2.24) is 39.0 Å². The molecular weight excluding hydrogens is 1110 g/mol. The second kappa shape index (κ2) is 25.3. The van der Waals surface area contributed by atoms with E-state index in [1.165, 1.54) is 55.6 Å². The summed E-state index contributed by atoms with van der Waals surface area (Å²) in [5.41, 5.74) is 8.00. The van der Waals surface area contributed by atoms with Gasteiger partial charge in [-0.2, -0.15) is 9.97 Å². The van der Waals surface area contributed by atoms with Gasteiger partial charge in [0.25, 0.3) is 11.8 Å². The Morgan fingerprint density at radius 1 is 0.517 bits per heavy atom. The van der Waals surface area contributed by atoms with E-state index in [1.54, 1.807) is 79.5 Å². The van der Waals surface area contributed by atoms with Crippen LogP contribution in [0.25, 0.3) is 33.5 Å². The van der Waals surface area contributed by atoms with Crippen molar-refractivity contribution in [3.63, 3.8) is 0 Å². The van der Waals surface area contributed by atoms with Crippen LogP contribution in [0.15, 0.2) is 170 Å². The third-order valence-electron chi connectivity index (χ3n) is 15.1. The summed E-state index contributed by atoms with van der Waals surface area (Å²) in [5, 5.41) is 21.7. The van der Waals surface area contributed by atoms with Gasteiger partial charge in [-0.15, -0.1) is 10.2 Å². The van der Waals surface area contributed by atoms with Gasteiger partial charge in [0.15, 0.2) is 11.3 Å². The number of nitrogens with one attached hydrogen (secondary N) is 4. The van der Waals surface area contributed by atoms with Gasteiger partial charge in [-0.25, -0.2) is 17.8 Å². The van der Waals surface area contributed by atoms with E-state index in [0.717, 1.165) is 22.3 Å². The number of hydrogen-bond acceptors (Lipinski definition) is 14. The van der Waals surface area contributed by atoms with Gasteiger partial charge in [-0.05, 0) is 138 Å².